The van der Waals surface area contributed by atoms with E-state index in [1.54, 1.807) is 0 Å². The van der Waals surface area contributed by atoms with Crippen LogP contribution in [0.1, 0.15) is 17.3 Å². The van der Waals surface area contributed by atoms with E-state index in [4.69, 9.17) is 9.47 Å². The molecule has 0 radical (unpaired) electrons. The summed E-state index contributed by atoms with van der Waals surface area (Å²) in [4.78, 5) is 34.6. The molecule has 26 heavy (non-hydrogen) atoms. The lowest BCUT2D eigenvalue weighted by atomic mass is 10.2. The molecule has 0 saturated carbocycles. The lowest BCUT2D eigenvalue weighted by Crippen LogP contribution is -2.30. The minimum absolute atomic E-state index is 0.0160. The van der Waals surface area contributed by atoms with Crippen molar-refractivity contribution in [3.63, 3.8) is 0 Å². The predicted molar refractivity (Wildman–Crippen MR) is 91.3 cm³/mol. The number of benzene rings is 2. The fourth-order valence-electron chi connectivity index (χ4n) is 2.06. The average molecular weight is 360 g/mol. The highest BCUT2D eigenvalue weighted by atomic mass is 16.6. The zero-order chi connectivity index (χ0) is 19.3. The second-order valence-corrected chi connectivity index (χ2v) is 5.19. The molecule has 2 rings (SSSR count). The summed E-state index contributed by atoms with van der Waals surface area (Å²) in [6, 6.07) is 9.56. The van der Waals surface area contributed by atoms with Gasteiger partial charge < -0.3 is 19.9 Å². The van der Waals surface area contributed by atoms with E-state index in [0.717, 1.165) is 0 Å². The van der Waals surface area contributed by atoms with E-state index in [9.17, 15) is 24.8 Å². The van der Waals surface area contributed by atoms with Crippen LogP contribution in [0.4, 0.5) is 11.4 Å². The predicted octanol–water partition coefficient (Wildman–Crippen LogP) is 2.49. The molecule has 0 fully saturated rings. The fourth-order valence-corrected chi connectivity index (χ4v) is 2.06. The van der Waals surface area contributed by atoms with Gasteiger partial charge in [-0.25, -0.2) is 4.79 Å². The molecule has 0 spiro atoms. The van der Waals surface area contributed by atoms with Gasteiger partial charge in [0.15, 0.2) is 6.10 Å². The second-order valence-electron chi connectivity index (χ2n) is 5.19. The van der Waals surface area contributed by atoms with Crippen LogP contribution < -0.4 is 10.1 Å². The van der Waals surface area contributed by atoms with Gasteiger partial charge in [0.2, 0.25) is 0 Å². The van der Waals surface area contributed by atoms with Crippen LogP contribution in [0, 0.1) is 10.1 Å². The number of nitro groups is 1. The number of para-hydroxylation sites is 2. The largest absolute Gasteiger partial charge is 0.507 e. The first-order valence-corrected chi connectivity index (χ1v) is 7.45. The van der Waals surface area contributed by atoms with E-state index in [2.05, 4.69) is 5.32 Å². The molecule has 2 N–H and O–H groups in total. The molecule has 0 unspecified atom stereocenters. The van der Waals surface area contributed by atoms with Gasteiger partial charge in [-0.1, -0.05) is 12.1 Å². The highest BCUT2D eigenvalue weighted by Crippen LogP contribution is 2.25. The van der Waals surface area contributed by atoms with Crippen molar-refractivity contribution in [2.75, 3.05) is 12.4 Å². The number of hydrogen-bond donors (Lipinski definition) is 2. The number of nitro benzene ring substituents is 1. The van der Waals surface area contributed by atoms with Crippen LogP contribution in [-0.4, -0.2) is 35.1 Å². The van der Waals surface area contributed by atoms with E-state index in [1.165, 1.54) is 56.5 Å². The Kier molecular flexibility index (Phi) is 5.74. The normalized spacial score (nSPS) is 11.3. The summed E-state index contributed by atoms with van der Waals surface area (Å²) in [5, 5.41) is 23.1. The van der Waals surface area contributed by atoms with Crippen LogP contribution in [0.25, 0.3) is 0 Å². The van der Waals surface area contributed by atoms with Gasteiger partial charge in [-0.2, -0.15) is 0 Å². The molecular formula is C17H16N2O7. The lowest BCUT2D eigenvalue weighted by Gasteiger charge is -2.14. The summed E-state index contributed by atoms with van der Waals surface area (Å²) in [6.45, 7) is 1.31. The molecule has 9 nitrogen and oxygen atoms in total. The molecule has 0 saturated heterocycles. The first-order valence-electron chi connectivity index (χ1n) is 7.45. The molecule has 0 heterocycles. The van der Waals surface area contributed by atoms with Gasteiger partial charge in [0.1, 0.15) is 22.7 Å². The monoisotopic (exact) mass is 360 g/mol. The van der Waals surface area contributed by atoms with E-state index in [0.29, 0.717) is 5.75 Å². The van der Waals surface area contributed by atoms with Gasteiger partial charge in [0.25, 0.3) is 11.6 Å². The Bertz CT molecular complexity index is 851. The number of nitrogens with zero attached hydrogens (tertiary/aromatic N) is 1. The number of carbonyl (C=O) groups is 2. The summed E-state index contributed by atoms with van der Waals surface area (Å²) in [6.07, 6.45) is -1.25. The molecule has 136 valence electrons. The van der Waals surface area contributed by atoms with Crippen molar-refractivity contribution >= 4 is 23.3 Å². The van der Waals surface area contributed by atoms with Gasteiger partial charge in [-0.3, -0.25) is 14.9 Å². The van der Waals surface area contributed by atoms with E-state index in [1.807, 2.05) is 0 Å². The molecule has 1 amide bonds. The number of rotatable bonds is 6. The maximum Gasteiger partial charge on any atom is 0.342 e. The Hall–Kier alpha value is -3.62. The second kappa shape index (κ2) is 7.97. The average Bonchev–Trinajstić information content (AvgIpc) is 2.61. The third kappa shape index (κ3) is 4.26. The molecule has 1 atom stereocenters. The number of hydrogen-bond acceptors (Lipinski definition) is 7. The Balaban J connectivity index is 2.07. The van der Waals surface area contributed by atoms with Crippen molar-refractivity contribution in [2.45, 2.75) is 13.0 Å². The number of phenolic OH excluding ortho intramolecular Hbond substituents is 1. The number of nitrogens with one attached hydrogen (secondary N) is 1. The SMILES string of the molecule is COc1ccc(C(=O)O[C@@H](C)C(=O)Nc2ccccc2[N+](=O)[O-])c(O)c1. The lowest BCUT2D eigenvalue weighted by molar-refractivity contribution is -0.383. The zero-order valence-electron chi connectivity index (χ0n) is 14.0. The molecule has 9 heteroatoms. The Morgan fingerprint density at radius 1 is 1.23 bits per heavy atom. The molecule has 0 aliphatic rings. The quantitative estimate of drug-likeness (QED) is 0.460. The number of methoxy groups -OCH3 is 1. The highest BCUT2D eigenvalue weighted by molar-refractivity contribution is 5.99. The number of aromatic hydroxyl groups is 1. The zero-order valence-corrected chi connectivity index (χ0v) is 14.0. The standard InChI is InChI=1S/C17H16N2O7/c1-10(16(21)18-13-5-3-4-6-14(13)19(23)24)26-17(22)12-8-7-11(25-2)9-15(12)20/h3-10,20H,1-2H3,(H,18,21)/t10-/m0/s1. The highest BCUT2D eigenvalue weighted by Gasteiger charge is 2.23. The maximum atomic E-state index is 12.1. The minimum atomic E-state index is -1.25. The van der Waals surface area contributed by atoms with E-state index >= 15 is 0 Å². The summed E-state index contributed by atoms with van der Waals surface area (Å²) in [5.41, 5.74) is -0.444. The molecule has 0 aliphatic heterocycles. The number of phenols is 1. The number of ether oxygens (including phenoxy) is 2. The minimum Gasteiger partial charge on any atom is -0.507 e. The number of anilines is 1. The van der Waals surface area contributed by atoms with Crippen molar-refractivity contribution in [1.29, 1.82) is 0 Å². The molecule has 2 aromatic carbocycles. The molecule has 0 aromatic heterocycles. The Morgan fingerprint density at radius 3 is 2.54 bits per heavy atom. The van der Waals surface area contributed by atoms with Crippen LogP contribution in [-0.2, 0) is 9.53 Å². The van der Waals surface area contributed by atoms with Crippen LogP contribution in [0.2, 0.25) is 0 Å². The van der Waals surface area contributed by atoms with E-state index in [-0.39, 0.29) is 22.7 Å². The van der Waals surface area contributed by atoms with Crippen LogP contribution in [0.5, 0.6) is 11.5 Å². The third-order valence-corrected chi connectivity index (χ3v) is 3.44. The fraction of sp³-hybridized carbons (Fsp3) is 0.176. The van der Waals surface area contributed by atoms with Crippen LogP contribution in [0.3, 0.4) is 0 Å². The third-order valence-electron chi connectivity index (χ3n) is 3.44. The smallest absolute Gasteiger partial charge is 0.342 e. The first-order chi connectivity index (χ1) is 12.3. The number of carbonyl (C=O) groups excluding carboxylic acids is 2. The molecule has 0 aliphatic carbocycles. The molecular weight excluding hydrogens is 344 g/mol. The summed E-state index contributed by atoms with van der Waals surface area (Å²) in [5.74, 6) is -1.68. The van der Waals surface area contributed by atoms with Crippen molar-refractivity contribution in [3.8, 4) is 11.5 Å². The number of amides is 1. The van der Waals surface area contributed by atoms with Crippen LogP contribution in [0.15, 0.2) is 42.5 Å². The Labute approximate surface area is 148 Å². The summed E-state index contributed by atoms with van der Waals surface area (Å²) >= 11 is 0. The van der Waals surface area contributed by atoms with Gasteiger partial charge in [-0.05, 0) is 25.1 Å². The van der Waals surface area contributed by atoms with Crippen molar-refractivity contribution in [2.24, 2.45) is 0 Å². The van der Waals surface area contributed by atoms with Gasteiger partial charge in [0.05, 0.1) is 12.0 Å². The van der Waals surface area contributed by atoms with Gasteiger partial charge in [-0.15, -0.1) is 0 Å². The first kappa shape index (κ1) is 18.7. The van der Waals surface area contributed by atoms with Gasteiger partial charge in [0, 0.05) is 12.1 Å². The maximum absolute atomic E-state index is 12.1. The van der Waals surface area contributed by atoms with E-state index < -0.39 is 22.9 Å². The topological polar surface area (TPSA) is 128 Å². The Morgan fingerprint density at radius 2 is 1.92 bits per heavy atom. The molecule has 0 bridgehead atoms. The summed E-state index contributed by atoms with van der Waals surface area (Å²) < 4.78 is 9.92. The van der Waals surface area contributed by atoms with Gasteiger partial charge >= 0.3 is 5.97 Å². The van der Waals surface area contributed by atoms with Crippen LogP contribution >= 0.6 is 0 Å². The number of esters is 1. The van der Waals surface area contributed by atoms with Crippen molar-refractivity contribution in [1.82, 2.24) is 0 Å². The van der Waals surface area contributed by atoms with Crippen molar-refractivity contribution < 1.29 is 29.1 Å². The summed E-state index contributed by atoms with van der Waals surface area (Å²) in [7, 11) is 1.40. The van der Waals surface area contributed by atoms with Crippen molar-refractivity contribution in [3.05, 3.63) is 58.1 Å². The molecule has 2 aromatic rings.